The standard InChI is InChI=1S/C28H32N2O4/c1-17-24-27(16-30(24)14-18-2-3-18)13-21-8-9-22(31)12-23(21)28(17,15-27)10-11-29-25(32)19-4-6-20(7-5-19)26(33)34/h4-9,12,17-18,24,31H,2-3,10-11,13-16H2,1H3,(H,29,32)(H,33,34)/t17-,24-,27-,28+/m0/s1. The van der Waals surface area contributed by atoms with Crippen LogP contribution in [0.5, 0.6) is 5.75 Å². The van der Waals surface area contributed by atoms with Crippen LogP contribution in [0.25, 0.3) is 0 Å². The number of aromatic hydroxyl groups is 1. The van der Waals surface area contributed by atoms with E-state index < -0.39 is 5.97 Å². The molecule has 0 aromatic heterocycles. The van der Waals surface area contributed by atoms with E-state index in [9.17, 15) is 14.7 Å². The Labute approximate surface area is 200 Å². The molecule has 1 heterocycles. The summed E-state index contributed by atoms with van der Waals surface area (Å²) in [7, 11) is 0. The molecule has 2 bridgehead atoms. The summed E-state index contributed by atoms with van der Waals surface area (Å²) in [6.07, 6.45) is 5.77. The molecule has 34 heavy (non-hydrogen) atoms. The highest BCUT2D eigenvalue weighted by molar-refractivity contribution is 5.95. The molecule has 2 aromatic rings. The Kier molecular flexibility index (Phi) is 4.82. The van der Waals surface area contributed by atoms with E-state index in [1.807, 2.05) is 12.1 Å². The molecule has 0 radical (unpaired) electrons. The van der Waals surface area contributed by atoms with Crippen LogP contribution >= 0.6 is 0 Å². The first-order chi connectivity index (χ1) is 16.3. The van der Waals surface area contributed by atoms with Gasteiger partial charge in [-0.15, -0.1) is 0 Å². The first kappa shape index (κ1) is 21.7. The molecule has 3 fully saturated rings. The second kappa shape index (κ2) is 7.57. The van der Waals surface area contributed by atoms with E-state index in [1.165, 1.54) is 49.2 Å². The maximum absolute atomic E-state index is 12.8. The molecule has 2 aromatic carbocycles. The van der Waals surface area contributed by atoms with E-state index in [0.717, 1.165) is 25.2 Å². The molecular formula is C28H32N2O4. The molecule has 1 amide bonds. The predicted octanol–water partition coefficient (Wildman–Crippen LogP) is 3.82. The van der Waals surface area contributed by atoms with E-state index in [2.05, 4.69) is 23.2 Å². The topological polar surface area (TPSA) is 89.9 Å². The quantitative estimate of drug-likeness (QED) is 0.584. The second-order valence-electron chi connectivity index (χ2n) is 11.2. The number of hydrogen-bond acceptors (Lipinski definition) is 4. The second-order valence-corrected chi connectivity index (χ2v) is 11.2. The summed E-state index contributed by atoms with van der Waals surface area (Å²) in [4.78, 5) is 26.6. The molecule has 2 saturated carbocycles. The van der Waals surface area contributed by atoms with Crippen molar-refractivity contribution >= 4 is 11.9 Å². The van der Waals surface area contributed by atoms with Gasteiger partial charge in [-0.05, 0) is 91.5 Å². The van der Waals surface area contributed by atoms with Crippen molar-refractivity contribution in [2.45, 2.75) is 50.5 Å². The number of benzene rings is 2. The Morgan fingerprint density at radius 1 is 1.12 bits per heavy atom. The van der Waals surface area contributed by atoms with Gasteiger partial charge >= 0.3 is 5.97 Å². The molecule has 3 aliphatic carbocycles. The third-order valence-electron chi connectivity index (χ3n) is 9.16. The number of rotatable bonds is 7. The summed E-state index contributed by atoms with van der Waals surface area (Å²) in [5.74, 6) is 0.464. The van der Waals surface area contributed by atoms with E-state index in [4.69, 9.17) is 5.11 Å². The van der Waals surface area contributed by atoms with Crippen LogP contribution in [0.15, 0.2) is 42.5 Å². The van der Waals surface area contributed by atoms with Crippen LogP contribution in [0.3, 0.4) is 0 Å². The maximum atomic E-state index is 12.8. The molecule has 4 aliphatic rings. The summed E-state index contributed by atoms with van der Waals surface area (Å²) < 4.78 is 0. The normalized spacial score (nSPS) is 31.3. The Morgan fingerprint density at radius 3 is 2.56 bits per heavy atom. The zero-order chi connectivity index (χ0) is 23.7. The minimum atomic E-state index is -1.00. The molecule has 4 atom stereocenters. The van der Waals surface area contributed by atoms with Crippen molar-refractivity contribution in [1.82, 2.24) is 10.2 Å². The highest BCUT2D eigenvalue weighted by Gasteiger charge is 2.69. The number of phenols is 1. The number of carboxylic acids is 1. The van der Waals surface area contributed by atoms with Gasteiger partial charge in [0.1, 0.15) is 5.75 Å². The summed E-state index contributed by atoms with van der Waals surface area (Å²) in [6, 6.07) is 12.5. The molecule has 0 unspecified atom stereocenters. The first-order valence-corrected chi connectivity index (χ1v) is 12.5. The van der Waals surface area contributed by atoms with Gasteiger partial charge in [-0.2, -0.15) is 0 Å². The zero-order valence-electron chi connectivity index (χ0n) is 19.6. The number of nitrogens with one attached hydrogen (secondary N) is 1. The predicted molar refractivity (Wildman–Crippen MR) is 128 cm³/mol. The fourth-order valence-electron chi connectivity index (χ4n) is 7.62. The number of carboxylic acid groups (broad SMARTS) is 1. The molecule has 1 aliphatic heterocycles. The van der Waals surface area contributed by atoms with Crippen LogP contribution in [-0.4, -0.2) is 52.7 Å². The largest absolute Gasteiger partial charge is 0.508 e. The SMILES string of the molecule is C[C@H]1[C@@H]2N(CC3CC3)C[C@@]23Cc2ccc(O)cc2[C@]1(CCNC(=O)c1ccc(C(=O)O)cc1)C3. The number of nitrogens with zero attached hydrogens (tertiary/aromatic N) is 1. The molecule has 178 valence electrons. The van der Waals surface area contributed by atoms with E-state index in [-0.39, 0.29) is 16.9 Å². The van der Waals surface area contributed by atoms with Gasteiger partial charge in [0.05, 0.1) is 5.56 Å². The number of aromatic carboxylic acids is 1. The zero-order valence-corrected chi connectivity index (χ0v) is 19.6. The Bertz CT molecular complexity index is 1160. The fourth-order valence-corrected chi connectivity index (χ4v) is 7.62. The number of amides is 1. The maximum Gasteiger partial charge on any atom is 0.335 e. The molecule has 6 rings (SSSR count). The van der Waals surface area contributed by atoms with Crippen LogP contribution in [-0.2, 0) is 11.8 Å². The van der Waals surface area contributed by atoms with Gasteiger partial charge in [0.25, 0.3) is 5.91 Å². The fraction of sp³-hybridized carbons (Fsp3) is 0.500. The van der Waals surface area contributed by atoms with Gasteiger partial charge < -0.3 is 15.5 Å². The van der Waals surface area contributed by atoms with E-state index in [1.54, 1.807) is 12.1 Å². The third-order valence-corrected chi connectivity index (χ3v) is 9.16. The van der Waals surface area contributed by atoms with Gasteiger partial charge in [-0.25, -0.2) is 4.79 Å². The van der Waals surface area contributed by atoms with Gasteiger partial charge in [0.15, 0.2) is 0 Å². The number of carbonyl (C=O) groups excluding carboxylic acids is 1. The molecule has 1 saturated heterocycles. The van der Waals surface area contributed by atoms with Crippen molar-refractivity contribution in [3.05, 3.63) is 64.7 Å². The number of likely N-dealkylation sites (tertiary alicyclic amines) is 1. The van der Waals surface area contributed by atoms with Crippen molar-refractivity contribution in [3.63, 3.8) is 0 Å². The van der Waals surface area contributed by atoms with Crippen LogP contribution in [0, 0.1) is 17.3 Å². The number of hydrogen-bond donors (Lipinski definition) is 3. The van der Waals surface area contributed by atoms with Crippen molar-refractivity contribution in [2.75, 3.05) is 19.6 Å². The summed E-state index contributed by atoms with van der Waals surface area (Å²) in [6.45, 7) is 5.32. The third kappa shape index (κ3) is 3.26. The molecular weight excluding hydrogens is 428 g/mol. The smallest absolute Gasteiger partial charge is 0.335 e. The number of fused-ring (bicyclic) bond motifs is 3. The number of phenolic OH excluding ortho intramolecular Hbond substituents is 1. The highest BCUT2D eigenvalue weighted by atomic mass is 16.4. The first-order valence-electron chi connectivity index (χ1n) is 12.5. The lowest BCUT2D eigenvalue weighted by Crippen LogP contribution is -2.64. The van der Waals surface area contributed by atoms with Crippen LogP contribution < -0.4 is 5.32 Å². The van der Waals surface area contributed by atoms with Crippen molar-refractivity contribution in [3.8, 4) is 5.75 Å². The monoisotopic (exact) mass is 460 g/mol. The van der Waals surface area contributed by atoms with Crippen molar-refractivity contribution in [2.24, 2.45) is 17.3 Å². The number of carbonyl (C=O) groups is 2. The minimum absolute atomic E-state index is 0.0598. The lowest BCUT2D eigenvalue weighted by Gasteiger charge is -2.56. The summed E-state index contributed by atoms with van der Waals surface area (Å²) in [5, 5.41) is 22.5. The average Bonchev–Trinajstić information content (AvgIpc) is 3.60. The Hall–Kier alpha value is -2.86. The van der Waals surface area contributed by atoms with E-state index in [0.29, 0.717) is 35.2 Å². The van der Waals surface area contributed by atoms with Crippen LogP contribution in [0.2, 0.25) is 0 Å². The summed E-state index contributed by atoms with van der Waals surface area (Å²) >= 11 is 0. The minimum Gasteiger partial charge on any atom is -0.508 e. The molecule has 1 spiro atoms. The average molecular weight is 461 g/mol. The highest BCUT2D eigenvalue weighted by Crippen LogP contribution is 2.67. The van der Waals surface area contributed by atoms with Crippen LogP contribution in [0.4, 0.5) is 0 Å². The Morgan fingerprint density at radius 2 is 1.85 bits per heavy atom. The van der Waals surface area contributed by atoms with Crippen molar-refractivity contribution < 1.29 is 19.8 Å². The van der Waals surface area contributed by atoms with Gasteiger partial charge in [0.2, 0.25) is 0 Å². The lowest BCUT2D eigenvalue weighted by atomic mass is 9.61. The van der Waals surface area contributed by atoms with Gasteiger partial charge in [-0.1, -0.05) is 13.0 Å². The molecule has 6 heteroatoms. The van der Waals surface area contributed by atoms with E-state index >= 15 is 0 Å². The lowest BCUT2D eigenvalue weighted by molar-refractivity contribution is -0.0692. The van der Waals surface area contributed by atoms with Gasteiger partial charge in [0, 0.05) is 42.1 Å². The van der Waals surface area contributed by atoms with Crippen LogP contribution in [0.1, 0.15) is 64.4 Å². The van der Waals surface area contributed by atoms with Crippen molar-refractivity contribution in [1.29, 1.82) is 0 Å². The molecule has 6 nitrogen and oxygen atoms in total. The van der Waals surface area contributed by atoms with Gasteiger partial charge in [-0.3, -0.25) is 9.69 Å². The molecule has 3 N–H and O–H groups in total. The Balaban J connectivity index is 1.23. The summed E-state index contributed by atoms with van der Waals surface area (Å²) in [5.41, 5.74) is 3.53.